The summed E-state index contributed by atoms with van der Waals surface area (Å²) < 4.78 is 68.1. The van der Waals surface area contributed by atoms with Crippen LogP contribution in [0.4, 0.5) is 18.9 Å². The van der Waals surface area contributed by atoms with Gasteiger partial charge < -0.3 is 9.64 Å². The SMILES string of the molecule is CN(CCC(F)(F)F)C(=O)COc1ccc(N(C)S(=O)(=O)c2cccs2)cc1. The molecule has 2 rings (SSSR count). The maximum Gasteiger partial charge on any atom is 0.390 e. The summed E-state index contributed by atoms with van der Waals surface area (Å²) in [6, 6.07) is 9.15. The van der Waals surface area contributed by atoms with Crippen LogP contribution in [-0.4, -0.2) is 52.6 Å². The Balaban J connectivity index is 1.93. The lowest BCUT2D eigenvalue weighted by atomic mass is 10.3. The number of thiophene rings is 1. The molecule has 1 aromatic carbocycles. The van der Waals surface area contributed by atoms with Crippen molar-refractivity contribution in [1.82, 2.24) is 4.90 Å². The second-order valence-electron chi connectivity index (χ2n) is 5.87. The van der Waals surface area contributed by atoms with E-state index < -0.39 is 41.7 Å². The number of anilines is 1. The lowest BCUT2D eigenvalue weighted by molar-refractivity contribution is -0.145. The highest BCUT2D eigenvalue weighted by Crippen LogP contribution is 2.26. The van der Waals surface area contributed by atoms with E-state index in [9.17, 15) is 26.4 Å². The van der Waals surface area contributed by atoms with Crippen molar-refractivity contribution in [2.75, 3.05) is 31.6 Å². The smallest absolute Gasteiger partial charge is 0.390 e. The molecule has 11 heteroatoms. The summed E-state index contributed by atoms with van der Waals surface area (Å²) in [4.78, 5) is 12.8. The van der Waals surface area contributed by atoms with Crippen molar-refractivity contribution >= 4 is 33.0 Å². The lowest BCUT2D eigenvalue weighted by Gasteiger charge is -2.19. The molecule has 1 heterocycles. The van der Waals surface area contributed by atoms with Gasteiger partial charge in [0.15, 0.2) is 6.61 Å². The molecule has 0 aliphatic heterocycles. The van der Waals surface area contributed by atoms with E-state index in [4.69, 9.17) is 4.74 Å². The number of hydrogen-bond donors (Lipinski definition) is 0. The van der Waals surface area contributed by atoms with Crippen molar-refractivity contribution in [3.05, 3.63) is 41.8 Å². The summed E-state index contributed by atoms with van der Waals surface area (Å²) in [6.45, 7) is -0.868. The van der Waals surface area contributed by atoms with Gasteiger partial charge in [-0.2, -0.15) is 13.2 Å². The molecule has 0 N–H and O–H groups in total. The van der Waals surface area contributed by atoms with Gasteiger partial charge in [0.05, 0.1) is 12.1 Å². The summed E-state index contributed by atoms with van der Waals surface area (Å²) in [5, 5.41) is 1.67. The van der Waals surface area contributed by atoms with Crippen LogP contribution in [0.3, 0.4) is 0 Å². The summed E-state index contributed by atoms with van der Waals surface area (Å²) in [7, 11) is -0.969. The number of likely N-dealkylation sites (N-methyl/N-ethyl adjacent to an activating group) is 1. The average molecular weight is 436 g/mol. The van der Waals surface area contributed by atoms with Gasteiger partial charge in [-0.1, -0.05) is 6.07 Å². The van der Waals surface area contributed by atoms with Gasteiger partial charge in [-0.15, -0.1) is 11.3 Å². The Morgan fingerprint density at radius 1 is 1.14 bits per heavy atom. The summed E-state index contributed by atoms with van der Waals surface area (Å²) in [5.41, 5.74) is 0.398. The quantitative estimate of drug-likeness (QED) is 0.637. The van der Waals surface area contributed by atoms with Crippen LogP contribution in [0.15, 0.2) is 46.0 Å². The zero-order valence-corrected chi connectivity index (χ0v) is 16.8. The molecule has 0 fully saturated rings. The number of benzene rings is 1. The maximum atomic E-state index is 12.5. The molecule has 2 aromatic rings. The highest BCUT2D eigenvalue weighted by atomic mass is 32.2. The van der Waals surface area contributed by atoms with Gasteiger partial charge in [0, 0.05) is 20.6 Å². The minimum absolute atomic E-state index is 0.211. The number of nitrogens with zero attached hydrogens (tertiary/aromatic N) is 2. The maximum absolute atomic E-state index is 12.5. The normalized spacial score (nSPS) is 11.9. The van der Waals surface area contributed by atoms with Crippen LogP contribution in [0.2, 0.25) is 0 Å². The highest BCUT2D eigenvalue weighted by Gasteiger charge is 2.28. The third-order valence-corrected chi connectivity index (χ3v) is 6.99. The van der Waals surface area contributed by atoms with E-state index in [0.29, 0.717) is 11.4 Å². The predicted molar refractivity (Wildman–Crippen MR) is 100 cm³/mol. The molecule has 0 aliphatic carbocycles. The molecule has 0 unspecified atom stereocenters. The fourth-order valence-corrected chi connectivity index (χ4v) is 4.47. The first kappa shape index (κ1) is 22.0. The first-order chi connectivity index (χ1) is 13.0. The van der Waals surface area contributed by atoms with Crippen molar-refractivity contribution in [2.24, 2.45) is 0 Å². The molecule has 0 radical (unpaired) electrons. The Bertz CT molecular complexity index is 882. The number of rotatable bonds is 8. The van der Waals surface area contributed by atoms with Crippen LogP contribution >= 0.6 is 11.3 Å². The molecule has 0 bridgehead atoms. The molecule has 6 nitrogen and oxygen atoms in total. The molecular formula is C17H19F3N2O4S2. The molecule has 28 heavy (non-hydrogen) atoms. The number of alkyl halides is 3. The van der Waals surface area contributed by atoms with Gasteiger partial charge in [0.1, 0.15) is 9.96 Å². The standard InChI is InChI=1S/C17H19F3N2O4S2/c1-21(10-9-17(18,19)20)15(23)12-26-14-7-5-13(6-8-14)22(2)28(24,25)16-4-3-11-27-16/h3-8,11H,9-10,12H2,1-2H3. The highest BCUT2D eigenvalue weighted by molar-refractivity contribution is 7.94. The topological polar surface area (TPSA) is 66.9 Å². The van der Waals surface area contributed by atoms with Crippen LogP contribution in [0, 0.1) is 0 Å². The van der Waals surface area contributed by atoms with Gasteiger partial charge in [-0.25, -0.2) is 8.42 Å². The summed E-state index contributed by atoms with van der Waals surface area (Å²) >= 11 is 1.11. The van der Waals surface area contributed by atoms with Gasteiger partial charge >= 0.3 is 6.18 Å². The summed E-state index contributed by atoms with van der Waals surface area (Å²) in [6.07, 6.45) is -5.42. The Morgan fingerprint density at radius 3 is 2.32 bits per heavy atom. The van der Waals surface area contributed by atoms with Crippen LogP contribution < -0.4 is 9.04 Å². The molecule has 0 spiro atoms. The fourth-order valence-electron chi connectivity index (χ4n) is 2.11. The third-order valence-electron chi connectivity index (χ3n) is 3.83. The first-order valence-electron chi connectivity index (χ1n) is 8.07. The molecule has 0 saturated heterocycles. The first-order valence-corrected chi connectivity index (χ1v) is 10.4. The number of hydrogen-bond acceptors (Lipinski definition) is 5. The van der Waals surface area contributed by atoms with E-state index >= 15 is 0 Å². The van der Waals surface area contributed by atoms with Crippen molar-refractivity contribution in [2.45, 2.75) is 16.8 Å². The molecule has 0 atom stereocenters. The zero-order chi connectivity index (χ0) is 20.9. The van der Waals surface area contributed by atoms with E-state index in [1.54, 1.807) is 11.4 Å². The monoisotopic (exact) mass is 436 g/mol. The van der Waals surface area contributed by atoms with E-state index in [2.05, 4.69) is 0 Å². The molecule has 0 saturated carbocycles. The Morgan fingerprint density at radius 2 is 1.79 bits per heavy atom. The fraction of sp³-hybridized carbons (Fsp3) is 0.353. The van der Waals surface area contributed by atoms with Gasteiger partial charge in [-0.3, -0.25) is 9.10 Å². The van der Waals surface area contributed by atoms with Crippen LogP contribution in [0.25, 0.3) is 0 Å². The molecule has 1 amide bonds. The van der Waals surface area contributed by atoms with E-state index in [1.807, 2.05) is 0 Å². The van der Waals surface area contributed by atoms with Crippen molar-refractivity contribution in [3.8, 4) is 5.75 Å². The number of carbonyl (C=O) groups is 1. The third kappa shape index (κ3) is 5.86. The summed E-state index contributed by atoms with van der Waals surface area (Å²) in [5.74, 6) is -0.297. The lowest BCUT2D eigenvalue weighted by Crippen LogP contribution is -2.34. The van der Waals surface area contributed by atoms with Crippen LogP contribution in [0.1, 0.15) is 6.42 Å². The number of halogens is 3. The van der Waals surface area contributed by atoms with Gasteiger partial charge in [0.2, 0.25) is 0 Å². The Kier molecular flexibility index (Phi) is 6.94. The van der Waals surface area contributed by atoms with Crippen molar-refractivity contribution < 1.29 is 31.1 Å². The Labute approximate surface area is 165 Å². The zero-order valence-electron chi connectivity index (χ0n) is 15.1. The van der Waals surface area contributed by atoms with E-state index in [1.165, 1.54) is 44.4 Å². The average Bonchev–Trinajstić information content (AvgIpc) is 3.19. The molecule has 154 valence electrons. The second kappa shape index (κ2) is 8.82. The molecule has 1 aromatic heterocycles. The van der Waals surface area contributed by atoms with Gasteiger partial charge in [0.25, 0.3) is 15.9 Å². The van der Waals surface area contributed by atoms with Gasteiger partial charge in [-0.05, 0) is 35.7 Å². The van der Waals surface area contributed by atoms with Crippen LogP contribution in [0.5, 0.6) is 5.75 Å². The number of sulfonamides is 1. The number of amides is 1. The van der Waals surface area contributed by atoms with Crippen molar-refractivity contribution in [3.63, 3.8) is 0 Å². The van der Waals surface area contributed by atoms with Crippen molar-refractivity contribution in [1.29, 1.82) is 0 Å². The minimum atomic E-state index is -4.33. The number of ether oxygens (including phenoxy) is 1. The Hall–Kier alpha value is -2.27. The van der Waals surface area contributed by atoms with E-state index in [0.717, 1.165) is 20.5 Å². The largest absolute Gasteiger partial charge is 0.484 e. The minimum Gasteiger partial charge on any atom is -0.484 e. The number of carbonyl (C=O) groups excluding carboxylic acids is 1. The second-order valence-corrected chi connectivity index (χ2v) is 9.01. The molecular weight excluding hydrogens is 417 g/mol. The van der Waals surface area contributed by atoms with E-state index in [-0.39, 0.29) is 4.21 Å². The predicted octanol–water partition coefficient (Wildman–Crippen LogP) is 3.36. The molecule has 0 aliphatic rings. The van der Waals surface area contributed by atoms with Crippen LogP contribution in [-0.2, 0) is 14.8 Å².